The Bertz CT molecular complexity index is 396. The first-order chi connectivity index (χ1) is 8.07. The second-order valence-corrected chi connectivity index (χ2v) is 3.82. The van der Waals surface area contributed by atoms with Gasteiger partial charge in [0.1, 0.15) is 5.82 Å². The van der Waals surface area contributed by atoms with Crippen LogP contribution in [0.1, 0.15) is 16.8 Å². The largest absolute Gasteiger partial charge is 0.478 e. The van der Waals surface area contributed by atoms with Gasteiger partial charge in [-0.15, -0.1) is 0 Å². The lowest BCUT2D eigenvalue weighted by Gasteiger charge is -2.21. The third-order valence-corrected chi connectivity index (χ3v) is 2.52. The highest BCUT2D eigenvalue weighted by Gasteiger charge is 2.17. The number of halogens is 1. The molecule has 5 heteroatoms. The van der Waals surface area contributed by atoms with Gasteiger partial charge >= 0.3 is 5.97 Å². The maximum absolute atomic E-state index is 13.6. The molecule has 0 radical (unpaired) electrons. The van der Waals surface area contributed by atoms with Gasteiger partial charge in [0.2, 0.25) is 0 Å². The van der Waals surface area contributed by atoms with Crippen molar-refractivity contribution < 1.29 is 14.3 Å². The quantitative estimate of drug-likeness (QED) is 0.741. The van der Waals surface area contributed by atoms with E-state index >= 15 is 0 Å². The Hall–Kier alpha value is -1.62. The molecule has 0 aliphatic rings. The van der Waals surface area contributed by atoms with Gasteiger partial charge in [-0.3, -0.25) is 0 Å². The van der Waals surface area contributed by atoms with E-state index in [0.29, 0.717) is 6.54 Å². The summed E-state index contributed by atoms with van der Waals surface area (Å²) in [6.45, 7) is 1.41. The van der Waals surface area contributed by atoms with Gasteiger partial charge in [-0.25, -0.2) is 9.18 Å². The maximum Gasteiger partial charge on any atom is 0.337 e. The molecule has 0 bridgehead atoms. The van der Waals surface area contributed by atoms with Gasteiger partial charge in [-0.1, -0.05) is 6.07 Å². The van der Waals surface area contributed by atoms with E-state index in [4.69, 9.17) is 5.11 Å². The third-order valence-electron chi connectivity index (χ3n) is 2.52. The van der Waals surface area contributed by atoms with Gasteiger partial charge in [0, 0.05) is 13.6 Å². The molecule has 1 aromatic carbocycles. The second kappa shape index (κ2) is 6.20. The van der Waals surface area contributed by atoms with Gasteiger partial charge in [-0.2, -0.15) is 0 Å². The monoisotopic (exact) mass is 240 g/mol. The number of carboxylic acids is 1. The smallest absolute Gasteiger partial charge is 0.337 e. The lowest BCUT2D eigenvalue weighted by Crippen LogP contribution is -2.25. The third kappa shape index (κ3) is 3.42. The maximum atomic E-state index is 13.6. The van der Waals surface area contributed by atoms with Crippen LogP contribution in [0.15, 0.2) is 18.2 Å². The number of carbonyl (C=O) groups is 1. The highest BCUT2D eigenvalue weighted by atomic mass is 19.1. The molecule has 0 unspecified atom stereocenters. The zero-order chi connectivity index (χ0) is 12.8. The van der Waals surface area contributed by atoms with Crippen LogP contribution in [0, 0.1) is 5.82 Å². The highest BCUT2D eigenvalue weighted by Crippen LogP contribution is 2.23. The molecule has 0 fully saturated rings. The van der Waals surface area contributed by atoms with Crippen LogP contribution in [-0.2, 0) is 0 Å². The van der Waals surface area contributed by atoms with Crippen LogP contribution in [0.4, 0.5) is 10.1 Å². The van der Waals surface area contributed by atoms with Gasteiger partial charge < -0.3 is 15.3 Å². The van der Waals surface area contributed by atoms with Crippen molar-refractivity contribution in [2.45, 2.75) is 6.42 Å². The highest BCUT2D eigenvalue weighted by molar-refractivity contribution is 5.94. The van der Waals surface area contributed by atoms with Crippen molar-refractivity contribution in [2.24, 2.45) is 0 Å². The molecule has 0 atom stereocenters. The van der Waals surface area contributed by atoms with Crippen molar-refractivity contribution in [2.75, 3.05) is 32.1 Å². The normalized spacial score (nSPS) is 10.3. The molecule has 2 N–H and O–H groups in total. The summed E-state index contributed by atoms with van der Waals surface area (Å²) < 4.78 is 13.6. The SMILES string of the molecule is CNCCCN(C)c1c(F)cccc1C(=O)O. The summed E-state index contributed by atoms with van der Waals surface area (Å²) in [7, 11) is 3.53. The van der Waals surface area contributed by atoms with Crippen LogP contribution in [0.25, 0.3) is 0 Å². The van der Waals surface area contributed by atoms with Gasteiger partial charge in [0.05, 0.1) is 11.3 Å². The number of carboxylic acid groups (broad SMARTS) is 1. The summed E-state index contributed by atoms with van der Waals surface area (Å²) in [6, 6.07) is 4.09. The molecule has 4 nitrogen and oxygen atoms in total. The Kier molecular flexibility index (Phi) is 4.90. The van der Waals surface area contributed by atoms with E-state index in [-0.39, 0.29) is 11.3 Å². The van der Waals surface area contributed by atoms with Crippen LogP contribution in [0.3, 0.4) is 0 Å². The molecule has 0 aromatic heterocycles. The number of rotatable bonds is 6. The Labute approximate surface area is 100 Å². The van der Waals surface area contributed by atoms with E-state index in [1.165, 1.54) is 18.2 Å². The summed E-state index contributed by atoms with van der Waals surface area (Å²) in [6.07, 6.45) is 0.820. The van der Waals surface area contributed by atoms with Crippen molar-refractivity contribution in [1.82, 2.24) is 5.32 Å². The van der Waals surface area contributed by atoms with E-state index in [9.17, 15) is 9.18 Å². The van der Waals surface area contributed by atoms with Crippen molar-refractivity contribution in [3.63, 3.8) is 0 Å². The summed E-state index contributed by atoms with van der Waals surface area (Å²) >= 11 is 0. The minimum absolute atomic E-state index is 0.00282. The topological polar surface area (TPSA) is 52.6 Å². The standard InChI is InChI=1S/C12H17FN2O2/c1-14-7-4-8-15(2)11-9(12(16)17)5-3-6-10(11)13/h3,5-6,14H,4,7-8H2,1-2H3,(H,16,17). The van der Waals surface area contributed by atoms with Gasteiger partial charge in [0.25, 0.3) is 0 Å². The fourth-order valence-corrected chi connectivity index (χ4v) is 1.68. The van der Waals surface area contributed by atoms with Crippen LogP contribution in [-0.4, -0.2) is 38.3 Å². The summed E-state index contributed by atoms with van der Waals surface area (Å²) in [5, 5.41) is 12.0. The van der Waals surface area contributed by atoms with Crippen molar-refractivity contribution >= 4 is 11.7 Å². The number of anilines is 1. The predicted octanol–water partition coefficient (Wildman–Crippen LogP) is 1.57. The molecule has 0 heterocycles. The first kappa shape index (κ1) is 13.4. The molecule has 0 amide bonds. The Morgan fingerprint density at radius 1 is 1.53 bits per heavy atom. The second-order valence-electron chi connectivity index (χ2n) is 3.82. The first-order valence-electron chi connectivity index (χ1n) is 5.45. The Balaban J connectivity index is 2.90. The number of nitrogens with zero attached hydrogens (tertiary/aromatic N) is 1. The molecular weight excluding hydrogens is 223 g/mol. The predicted molar refractivity (Wildman–Crippen MR) is 65.2 cm³/mol. The van der Waals surface area contributed by atoms with Crippen LogP contribution < -0.4 is 10.2 Å². The number of nitrogens with one attached hydrogen (secondary N) is 1. The van der Waals surface area contributed by atoms with Crippen molar-refractivity contribution in [3.8, 4) is 0 Å². The van der Waals surface area contributed by atoms with Crippen LogP contribution >= 0.6 is 0 Å². The van der Waals surface area contributed by atoms with E-state index in [1.807, 2.05) is 7.05 Å². The lowest BCUT2D eigenvalue weighted by atomic mass is 10.1. The molecule has 1 rings (SSSR count). The summed E-state index contributed by atoms with van der Waals surface area (Å²) in [5.74, 6) is -1.61. The zero-order valence-corrected chi connectivity index (χ0v) is 10.0. The summed E-state index contributed by atoms with van der Waals surface area (Å²) in [5.41, 5.74) is 0.146. The molecule has 0 saturated carbocycles. The Morgan fingerprint density at radius 3 is 2.82 bits per heavy atom. The number of benzene rings is 1. The van der Waals surface area contributed by atoms with Gasteiger partial charge in [-0.05, 0) is 32.1 Å². The summed E-state index contributed by atoms with van der Waals surface area (Å²) in [4.78, 5) is 12.6. The lowest BCUT2D eigenvalue weighted by molar-refractivity contribution is 0.0697. The molecule has 1 aromatic rings. The van der Waals surface area contributed by atoms with E-state index in [0.717, 1.165) is 13.0 Å². The molecule has 0 spiro atoms. The number of hydrogen-bond donors (Lipinski definition) is 2. The molecule has 0 aliphatic heterocycles. The van der Waals surface area contributed by atoms with Gasteiger partial charge in [0.15, 0.2) is 0 Å². The van der Waals surface area contributed by atoms with E-state index < -0.39 is 11.8 Å². The van der Waals surface area contributed by atoms with E-state index in [1.54, 1.807) is 11.9 Å². The molecule has 94 valence electrons. The number of aromatic carboxylic acids is 1. The van der Waals surface area contributed by atoms with Crippen molar-refractivity contribution in [3.05, 3.63) is 29.6 Å². The zero-order valence-electron chi connectivity index (χ0n) is 10.0. The molecule has 0 saturated heterocycles. The fraction of sp³-hybridized carbons (Fsp3) is 0.417. The van der Waals surface area contributed by atoms with E-state index in [2.05, 4.69) is 5.32 Å². The number of para-hydroxylation sites is 1. The minimum Gasteiger partial charge on any atom is -0.478 e. The molecule has 17 heavy (non-hydrogen) atoms. The molecule has 0 aliphatic carbocycles. The van der Waals surface area contributed by atoms with Crippen LogP contribution in [0.2, 0.25) is 0 Å². The van der Waals surface area contributed by atoms with Crippen molar-refractivity contribution in [1.29, 1.82) is 0 Å². The average Bonchev–Trinajstić information content (AvgIpc) is 2.28. The minimum atomic E-state index is -1.11. The first-order valence-corrected chi connectivity index (χ1v) is 5.45. The Morgan fingerprint density at radius 2 is 2.24 bits per heavy atom. The van der Waals surface area contributed by atoms with Crippen LogP contribution in [0.5, 0.6) is 0 Å². The number of hydrogen-bond acceptors (Lipinski definition) is 3. The average molecular weight is 240 g/mol. The molecular formula is C12H17FN2O2. The fourth-order valence-electron chi connectivity index (χ4n) is 1.68.